The van der Waals surface area contributed by atoms with Crippen molar-refractivity contribution in [2.75, 3.05) is 0 Å². The predicted molar refractivity (Wildman–Crippen MR) is 74.2 cm³/mol. The van der Waals surface area contributed by atoms with Crippen molar-refractivity contribution in [3.05, 3.63) is 29.6 Å². The molecule has 19 heavy (non-hydrogen) atoms. The van der Waals surface area contributed by atoms with Gasteiger partial charge >= 0.3 is 0 Å². The van der Waals surface area contributed by atoms with Gasteiger partial charge in [-0.3, -0.25) is 4.98 Å². The summed E-state index contributed by atoms with van der Waals surface area (Å²) in [6.45, 7) is 4.13. The van der Waals surface area contributed by atoms with Gasteiger partial charge < -0.3 is 5.11 Å². The maximum atomic E-state index is 10.6. The zero-order valence-corrected chi connectivity index (χ0v) is 11.8. The van der Waals surface area contributed by atoms with Crippen LogP contribution in [0.25, 0.3) is 0 Å². The summed E-state index contributed by atoms with van der Waals surface area (Å²) in [5.74, 6) is 0.550. The van der Waals surface area contributed by atoms with Crippen LogP contribution in [-0.2, 0) is 0 Å². The highest BCUT2D eigenvalue weighted by Gasteiger charge is 2.43. The first-order chi connectivity index (χ1) is 9.11. The Morgan fingerprint density at radius 2 is 2.37 bits per heavy atom. The zero-order valence-electron chi connectivity index (χ0n) is 11.8. The Kier molecular flexibility index (Phi) is 4.21. The normalized spacial score (nSPS) is 28.6. The van der Waals surface area contributed by atoms with E-state index in [1.165, 1.54) is 6.42 Å². The van der Waals surface area contributed by atoms with Crippen LogP contribution in [0.2, 0.25) is 0 Å². The summed E-state index contributed by atoms with van der Waals surface area (Å²) in [4.78, 5) is 4.30. The third-order valence-electron chi connectivity index (χ3n) is 4.43. The predicted octanol–water partition coefficient (Wildman–Crippen LogP) is 3.53. The number of aliphatic hydroxyl groups excluding tert-OH is 1. The monoisotopic (exact) mass is 258 g/mol. The quantitative estimate of drug-likeness (QED) is 0.902. The summed E-state index contributed by atoms with van der Waals surface area (Å²) in [7, 11) is 0. The lowest BCUT2D eigenvalue weighted by Gasteiger charge is -2.38. The highest BCUT2D eigenvalue weighted by molar-refractivity contribution is 5.20. The SMILES string of the molecule is CCC1CCCC(C#N)(C(O)c2ccc(C)cn2)C1. The molecule has 1 aromatic rings. The van der Waals surface area contributed by atoms with Gasteiger partial charge in [0.25, 0.3) is 0 Å². The molecule has 0 saturated heterocycles. The lowest BCUT2D eigenvalue weighted by atomic mass is 9.66. The summed E-state index contributed by atoms with van der Waals surface area (Å²) in [5.41, 5.74) is 1.04. The van der Waals surface area contributed by atoms with Gasteiger partial charge in [0.2, 0.25) is 0 Å². The van der Waals surface area contributed by atoms with E-state index in [4.69, 9.17) is 0 Å². The van der Waals surface area contributed by atoms with E-state index in [0.717, 1.165) is 31.2 Å². The summed E-state index contributed by atoms with van der Waals surface area (Å²) in [5, 5.41) is 20.2. The Morgan fingerprint density at radius 1 is 1.58 bits per heavy atom. The molecule has 1 aliphatic rings. The molecule has 3 nitrogen and oxygen atoms in total. The van der Waals surface area contributed by atoms with E-state index >= 15 is 0 Å². The van der Waals surface area contributed by atoms with Crippen LogP contribution >= 0.6 is 0 Å². The number of nitriles is 1. The highest BCUT2D eigenvalue weighted by Crippen LogP contribution is 2.47. The maximum absolute atomic E-state index is 10.6. The van der Waals surface area contributed by atoms with E-state index in [-0.39, 0.29) is 0 Å². The fraction of sp³-hybridized carbons (Fsp3) is 0.625. The van der Waals surface area contributed by atoms with Gasteiger partial charge in [0.15, 0.2) is 0 Å². The van der Waals surface area contributed by atoms with Crippen molar-refractivity contribution in [3.8, 4) is 6.07 Å². The van der Waals surface area contributed by atoms with E-state index in [1.54, 1.807) is 6.20 Å². The number of hydrogen-bond donors (Lipinski definition) is 1. The Bertz CT molecular complexity index is 463. The number of nitrogens with zero attached hydrogens (tertiary/aromatic N) is 2. The van der Waals surface area contributed by atoms with Gasteiger partial charge in [-0.15, -0.1) is 0 Å². The number of pyridine rings is 1. The second-order valence-corrected chi connectivity index (χ2v) is 5.80. The van der Waals surface area contributed by atoms with Crippen molar-refractivity contribution < 1.29 is 5.11 Å². The van der Waals surface area contributed by atoms with Crippen LogP contribution in [0, 0.1) is 29.6 Å². The van der Waals surface area contributed by atoms with E-state index < -0.39 is 11.5 Å². The van der Waals surface area contributed by atoms with Crippen molar-refractivity contribution >= 4 is 0 Å². The molecule has 0 aromatic carbocycles. The van der Waals surface area contributed by atoms with Crippen molar-refractivity contribution in [2.45, 2.75) is 52.1 Å². The first-order valence-corrected chi connectivity index (χ1v) is 7.13. The van der Waals surface area contributed by atoms with Crippen molar-refractivity contribution in [1.82, 2.24) is 4.98 Å². The van der Waals surface area contributed by atoms with Crippen LogP contribution in [-0.4, -0.2) is 10.1 Å². The van der Waals surface area contributed by atoms with Crippen LogP contribution in [0.3, 0.4) is 0 Å². The van der Waals surface area contributed by atoms with E-state index in [0.29, 0.717) is 11.6 Å². The van der Waals surface area contributed by atoms with Crippen LogP contribution in [0.1, 0.15) is 56.4 Å². The number of aryl methyl sites for hydroxylation is 1. The molecule has 0 spiro atoms. The zero-order chi connectivity index (χ0) is 13.9. The third kappa shape index (κ3) is 2.79. The average Bonchev–Trinajstić information content (AvgIpc) is 2.47. The molecule has 0 bridgehead atoms. The lowest BCUT2D eigenvalue weighted by molar-refractivity contribution is 0.0157. The summed E-state index contributed by atoms with van der Waals surface area (Å²) in [6.07, 6.45) is 5.82. The van der Waals surface area contributed by atoms with Crippen LogP contribution in [0.4, 0.5) is 0 Å². The van der Waals surface area contributed by atoms with Crippen molar-refractivity contribution in [3.63, 3.8) is 0 Å². The lowest BCUT2D eigenvalue weighted by Crippen LogP contribution is -2.34. The molecule has 3 atom stereocenters. The maximum Gasteiger partial charge on any atom is 0.114 e. The minimum absolute atomic E-state index is 0.550. The van der Waals surface area contributed by atoms with Crippen LogP contribution in [0.15, 0.2) is 18.3 Å². The summed E-state index contributed by atoms with van der Waals surface area (Å²) in [6, 6.07) is 6.19. The van der Waals surface area contributed by atoms with Crippen LogP contribution in [0.5, 0.6) is 0 Å². The van der Waals surface area contributed by atoms with E-state index in [9.17, 15) is 10.4 Å². The Hall–Kier alpha value is -1.40. The van der Waals surface area contributed by atoms with E-state index in [2.05, 4.69) is 18.0 Å². The van der Waals surface area contributed by atoms with Crippen molar-refractivity contribution in [2.24, 2.45) is 11.3 Å². The first kappa shape index (κ1) is 14.0. The van der Waals surface area contributed by atoms with Gasteiger partial charge in [0.05, 0.1) is 17.2 Å². The topological polar surface area (TPSA) is 56.9 Å². The number of rotatable bonds is 3. The third-order valence-corrected chi connectivity index (χ3v) is 4.43. The molecule has 3 unspecified atom stereocenters. The van der Waals surface area contributed by atoms with Gasteiger partial charge in [-0.2, -0.15) is 5.26 Å². The highest BCUT2D eigenvalue weighted by atomic mass is 16.3. The molecule has 1 N–H and O–H groups in total. The standard InChI is InChI=1S/C16H22N2O/c1-3-13-5-4-8-16(9-13,11-17)15(19)14-7-6-12(2)10-18-14/h6-7,10,13,15,19H,3-5,8-9H2,1-2H3. The molecular weight excluding hydrogens is 236 g/mol. The van der Waals surface area contributed by atoms with Gasteiger partial charge in [-0.25, -0.2) is 0 Å². The summed E-state index contributed by atoms with van der Waals surface area (Å²) < 4.78 is 0. The molecule has 3 heteroatoms. The fourth-order valence-electron chi connectivity index (χ4n) is 3.11. The Labute approximate surface area is 115 Å². The fourth-order valence-corrected chi connectivity index (χ4v) is 3.11. The molecule has 1 aliphatic carbocycles. The molecule has 1 saturated carbocycles. The Morgan fingerprint density at radius 3 is 2.95 bits per heavy atom. The molecule has 0 aliphatic heterocycles. The number of aliphatic hydroxyl groups is 1. The minimum Gasteiger partial charge on any atom is -0.385 e. The molecule has 102 valence electrons. The van der Waals surface area contributed by atoms with Crippen LogP contribution < -0.4 is 0 Å². The van der Waals surface area contributed by atoms with Gasteiger partial charge in [0.1, 0.15) is 6.10 Å². The molecule has 0 radical (unpaired) electrons. The average molecular weight is 258 g/mol. The van der Waals surface area contributed by atoms with E-state index in [1.807, 2.05) is 19.1 Å². The Balaban J connectivity index is 2.25. The van der Waals surface area contributed by atoms with Crippen molar-refractivity contribution in [1.29, 1.82) is 5.26 Å². The van der Waals surface area contributed by atoms with Gasteiger partial charge in [-0.1, -0.05) is 32.3 Å². The summed E-state index contributed by atoms with van der Waals surface area (Å²) >= 11 is 0. The molecule has 2 rings (SSSR count). The number of hydrogen-bond acceptors (Lipinski definition) is 3. The molecule has 1 heterocycles. The first-order valence-electron chi connectivity index (χ1n) is 7.13. The number of aromatic nitrogens is 1. The molecular formula is C16H22N2O. The molecule has 1 aromatic heterocycles. The minimum atomic E-state index is -0.771. The molecule has 0 amide bonds. The van der Waals surface area contributed by atoms with Gasteiger partial charge in [0, 0.05) is 6.20 Å². The largest absolute Gasteiger partial charge is 0.385 e. The smallest absolute Gasteiger partial charge is 0.114 e. The second kappa shape index (κ2) is 5.71. The second-order valence-electron chi connectivity index (χ2n) is 5.80. The van der Waals surface area contributed by atoms with Gasteiger partial charge in [-0.05, 0) is 37.3 Å². The molecule has 1 fully saturated rings.